The number of aromatic amines is 1. The second kappa shape index (κ2) is 8.15. The fourth-order valence-electron chi connectivity index (χ4n) is 2.19. The van der Waals surface area contributed by atoms with E-state index in [-0.39, 0.29) is 17.2 Å². The number of nitrogens with zero attached hydrogens (tertiary/aromatic N) is 2. The Bertz CT molecular complexity index is 701. The highest BCUT2D eigenvalue weighted by molar-refractivity contribution is 7.99. The summed E-state index contributed by atoms with van der Waals surface area (Å²) >= 11 is 1.30. The highest BCUT2D eigenvalue weighted by Crippen LogP contribution is 2.18. The first-order valence-electron chi connectivity index (χ1n) is 7.94. The number of carbonyl (C=O) groups excluding carboxylic acids is 1. The van der Waals surface area contributed by atoms with Crippen LogP contribution in [0, 0.1) is 0 Å². The molecule has 0 aliphatic rings. The average Bonchev–Trinajstić information content (AvgIpc) is 2.90. The number of ketones is 1. The van der Waals surface area contributed by atoms with Gasteiger partial charge in [-0.15, -0.1) is 5.10 Å². The summed E-state index contributed by atoms with van der Waals surface area (Å²) in [6.45, 7) is 6.95. The van der Waals surface area contributed by atoms with E-state index < -0.39 is 0 Å². The van der Waals surface area contributed by atoms with Gasteiger partial charge in [-0.1, -0.05) is 63.2 Å². The lowest BCUT2D eigenvalue weighted by Crippen LogP contribution is -2.18. The Balaban J connectivity index is 2.00. The van der Waals surface area contributed by atoms with Crippen LogP contribution in [0.3, 0.4) is 0 Å². The average molecular weight is 333 g/mol. The molecule has 0 fully saturated rings. The van der Waals surface area contributed by atoms with Crippen LogP contribution in [-0.4, -0.2) is 26.3 Å². The van der Waals surface area contributed by atoms with Gasteiger partial charge >= 0.3 is 5.69 Å². The zero-order valence-corrected chi connectivity index (χ0v) is 14.7. The highest BCUT2D eigenvalue weighted by atomic mass is 32.2. The molecule has 0 saturated heterocycles. The molecule has 23 heavy (non-hydrogen) atoms. The number of nitrogens with one attached hydrogen (secondary N) is 1. The van der Waals surface area contributed by atoms with Crippen LogP contribution >= 0.6 is 11.8 Å². The number of carbonyl (C=O) groups is 1. The number of rotatable bonds is 8. The Kier molecular flexibility index (Phi) is 6.21. The molecular formula is C17H23N3O2S. The number of unbranched alkanes of at least 4 members (excludes halogenated alkanes) is 1. The maximum atomic E-state index is 12.3. The van der Waals surface area contributed by atoms with Gasteiger partial charge in [0.2, 0.25) is 0 Å². The molecule has 1 aromatic carbocycles. The van der Waals surface area contributed by atoms with Crippen molar-refractivity contribution in [3.05, 3.63) is 45.9 Å². The second-order valence-corrected chi connectivity index (χ2v) is 6.75. The van der Waals surface area contributed by atoms with E-state index in [4.69, 9.17) is 0 Å². The van der Waals surface area contributed by atoms with E-state index in [1.165, 1.54) is 17.3 Å². The molecule has 1 aromatic heterocycles. The fourth-order valence-corrected chi connectivity index (χ4v) is 3.06. The predicted octanol–water partition coefficient (Wildman–Crippen LogP) is 3.47. The number of benzene rings is 1. The molecule has 0 aliphatic carbocycles. The van der Waals surface area contributed by atoms with Crippen molar-refractivity contribution in [3.8, 4) is 0 Å². The van der Waals surface area contributed by atoms with Gasteiger partial charge in [-0.3, -0.25) is 9.36 Å². The van der Waals surface area contributed by atoms with Gasteiger partial charge in [-0.25, -0.2) is 9.89 Å². The number of hydrogen-bond donors (Lipinski definition) is 1. The molecule has 0 bridgehead atoms. The topological polar surface area (TPSA) is 67.8 Å². The third-order valence-corrected chi connectivity index (χ3v) is 4.67. The first-order valence-corrected chi connectivity index (χ1v) is 8.92. The first kappa shape index (κ1) is 17.5. The van der Waals surface area contributed by atoms with Crippen LogP contribution in [0.1, 0.15) is 55.5 Å². The van der Waals surface area contributed by atoms with Gasteiger partial charge in [0, 0.05) is 12.1 Å². The van der Waals surface area contributed by atoms with Gasteiger partial charge in [0.15, 0.2) is 10.9 Å². The van der Waals surface area contributed by atoms with Gasteiger partial charge in [0.25, 0.3) is 0 Å². The second-order valence-electron chi connectivity index (χ2n) is 5.81. The van der Waals surface area contributed by atoms with E-state index in [9.17, 15) is 9.59 Å². The molecule has 0 radical (unpaired) electrons. The van der Waals surface area contributed by atoms with Crippen LogP contribution < -0.4 is 5.69 Å². The summed E-state index contributed by atoms with van der Waals surface area (Å²) in [5, 5.41) is 7.04. The summed E-state index contributed by atoms with van der Waals surface area (Å²) in [6.07, 6.45) is 1.92. The third kappa shape index (κ3) is 4.58. The largest absolute Gasteiger partial charge is 0.343 e. The summed E-state index contributed by atoms with van der Waals surface area (Å²) < 4.78 is 1.60. The Hall–Kier alpha value is -1.82. The summed E-state index contributed by atoms with van der Waals surface area (Å²) in [5.74, 6) is 0.769. The van der Waals surface area contributed by atoms with Crippen molar-refractivity contribution < 1.29 is 4.79 Å². The Morgan fingerprint density at radius 1 is 1.30 bits per heavy atom. The molecule has 0 atom stereocenters. The fraction of sp³-hybridized carbons (Fsp3) is 0.471. The molecule has 6 heteroatoms. The maximum Gasteiger partial charge on any atom is 0.343 e. The normalized spacial score (nSPS) is 11.1. The molecule has 2 aromatic rings. The molecule has 0 saturated carbocycles. The lowest BCUT2D eigenvalue weighted by atomic mass is 10.0. The summed E-state index contributed by atoms with van der Waals surface area (Å²) in [7, 11) is 0. The highest BCUT2D eigenvalue weighted by Gasteiger charge is 2.12. The Morgan fingerprint density at radius 2 is 2.00 bits per heavy atom. The van der Waals surface area contributed by atoms with Crippen molar-refractivity contribution >= 4 is 17.5 Å². The van der Waals surface area contributed by atoms with Crippen LogP contribution in [0.2, 0.25) is 0 Å². The molecule has 0 aliphatic heterocycles. The zero-order chi connectivity index (χ0) is 16.8. The molecule has 0 unspecified atom stereocenters. The smallest absolute Gasteiger partial charge is 0.293 e. The van der Waals surface area contributed by atoms with Crippen LogP contribution in [0.4, 0.5) is 0 Å². The minimum absolute atomic E-state index is 0.0443. The minimum Gasteiger partial charge on any atom is -0.293 e. The van der Waals surface area contributed by atoms with Gasteiger partial charge in [-0.2, -0.15) is 0 Å². The van der Waals surface area contributed by atoms with Crippen molar-refractivity contribution in [1.82, 2.24) is 14.8 Å². The van der Waals surface area contributed by atoms with Crippen molar-refractivity contribution in [2.45, 2.75) is 51.2 Å². The molecule has 124 valence electrons. The lowest BCUT2D eigenvalue weighted by molar-refractivity contribution is 0.102. The molecule has 1 N–H and O–H groups in total. The SMILES string of the molecule is CCCCn1c(SCC(=O)c2ccc(C(C)C)cc2)n[nH]c1=O. The van der Waals surface area contributed by atoms with E-state index in [2.05, 4.69) is 31.0 Å². The number of aromatic nitrogens is 3. The number of Topliss-reactive ketones (excluding diaryl/α,β-unsaturated/α-hetero) is 1. The Labute approximate surface area is 140 Å². The van der Waals surface area contributed by atoms with Crippen LogP contribution in [-0.2, 0) is 6.54 Å². The van der Waals surface area contributed by atoms with E-state index in [1.807, 2.05) is 24.3 Å². The van der Waals surface area contributed by atoms with Gasteiger partial charge in [0.1, 0.15) is 0 Å². The summed E-state index contributed by atoms with van der Waals surface area (Å²) in [4.78, 5) is 24.0. The van der Waals surface area contributed by atoms with E-state index in [0.29, 0.717) is 23.2 Å². The summed E-state index contributed by atoms with van der Waals surface area (Å²) in [6, 6.07) is 7.72. The quantitative estimate of drug-likeness (QED) is 0.593. The molecule has 0 amide bonds. The first-order chi connectivity index (χ1) is 11.0. The van der Waals surface area contributed by atoms with E-state index in [1.54, 1.807) is 4.57 Å². The Morgan fingerprint density at radius 3 is 2.61 bits per heavy atom. The van der Waals surface area contributed by atoms with Crippen molar-refractivity contribution in [2.24, 2.45) is 0 Å². The van der Waals surface area contributed by atoms with Crippen LogP contribution in [0.15, 0.2) is 34.2 Å². The van der Waals surface area contributed by atoms with Crippen LogP contribution in [0.25, 0.3) is 0 Å². The maximum absolute atomic E-state index is 12.3. The van der Waals surface area contributed by atoms with Gasteiger partial charge in [0.05, 0.1) is 5.75 Å². The molecule has 2 rings (SSSR count). The van der Waals surface area contributed by atoms with E-state index >= 15 is 0 Å². The van der Waals surface area contributed by atoms with E-state index in [0.717, 1.165) is 12.8 Å². The van der Waals surface area contributed by atoms with Crippen molar-refractivity contribution in [3.63, 3.8) is 0 Å². The zero-order valence-electron chi connectivity index (χ0n) is 13.8. The summed E-state index contributed by atoms with van der Waals surface area (Å²) in [5.41, 5.74) is 1.70. The number of hydrogen-bond acceptors (Lipinski definition) is 4. The van der Waals surface area contributed by atoms with Gasteiger partial charge < -0.3 is 0 Å². The lowest BCUT2D eigenvalue weighted by Gasteiger charge is -2.07. The third-order valence-electron chi connectivity index (χ3n) is 3.69. The molecular weight excluding hydrogens is 310 g/mol. The molecule has 5 nitrogen and oxygen atoms in total. The number of thioether (sulfide) groups is 1. The predicted molar refractivity (Wildman–Crippen MR) is 93.3 cm³/mol. The van der Waals surface area contributed by atoms with Gasteiger partial charge in [-0.05, 0) is 17.9 Å². The van der Waals surface area contributed by atoms with Crippen LogP contribution in [0.5, 0.6) is 0 Å². The monoisotopic (exact) mass is 333 g/mol. The standard InChI is InChI=1S/C17H23N3O2S/c1-4-5-10-20-16(22)18-19-17(20)23-11-15(21)14-8-6-13(7-9-14)12(2)3/h6-9,12H,4-5,10-11H2,1-3H3,(H,18,22). The minimum atomic E-state index is -0.213. The molecule has 0 spiro atoms. The molecule has 1 heterocycles. The van der Waals surface area contributed by atoms with Crippen molar-refractivity contribution in [1.29, 1.82) is 0 Å². The van der Waals surface area contributed by atoms with Crippen molar-refractivity contribution in [2.75, 3.05) is 5.75 Å². The number of H-pyrrole nitrogens is 1.